The zero-order chi connectivity index (χ0) is 9.97. The molecule has 1 aromatic carbocycles. The van der Waals surface area contributed by atoms with E-state index in [4.69, 9.17) is 5.73 Å². The summed E-state index contributed by atoms with van der Waals surface area (Å²) in [5.74, 6) is 0.271. The van der Waals surface area contributed by atoms with Gasteiger partial charge in [0.15, 0.2) is 5.17 Å². The number of aliphatic imine (C=N–C) groups is 1. The summed E-state index contributed by atoms with van der Waals surface area (Å²) in [5, 5.41) is 13.9. The maximum absolute atomic E-state index is 9.53. The van der Waals surface area contributed by atoms with Crippen molar-refractivity contribution < 1.29 is 5.11 Å². The van der Waals surface area contributed by atoms with Crippen molar-refractivity contribution in [1.82, 2.24) is 0 Å². The van der Waals surface area contributed by atoms with Gasteiger partial charge in [0.05, 0.1) is 0 Å². The molecule has 0 saturated heterocycles. The minimum atomic E-state index is -0.271. The number of benzene rings is 1. The number of nitrogens with two attached hydrogens (primary N) is 1. The van der Waals surface area contributed by atoms with E-state index in [1.54, 1.807) is 18.3 Å². The van der Waals surface area contributed by atoms with Crippen LogP contribution in [0.1, 0.15) is 5.56 Å². The van der Waals surface area contributed by atoms with E-state index in [1.807, 2.05) is 22.9 Å². The molecule has 3 nitrogen and oxygen atoms in total. The summed E-state index contributed by atoms with van der Waals surface area (Å²) in [6.45, 7) is 0. The van der Waals surface area contributed by atoms with Crippen LogP contribution < -0.4 is 5.73 Å². The summed E-state index contributed by atoms with van der Waals surface area (Å²) < 4.78 is 0. The summed E-state index contributed by atoms with van der Waals surface area (Å²) >= 11 is 0. The molecule has 2 rings (SSSR count). The van der Waals surface area contributed by atoms with E-state index < -0.39 is 0 Å². The van der Waals surface area contributed by atoms with Crippen LogP contribution in [0.5, 0.6) is 5.75 Å². The molecule has 14 heavy (non-hydrogen) atoms. The molecule has 0 bridgehead atoms. The first-order valence-corrected chi connectivity index (χ1v) is 5.47. The molecular formula is C10H10N2OS. The average Bonchev–Trinajstić information content (AvgIpc) is 2.56. The first-order valence-electron chi connectivity index (χ1n) is 4.12. The molecule has 0 fully saturated rings. The van der Waals surface area contributed by atoms with Crippen LogP contribution in [0, 0.1) is 0 Å². The average molecular weight is 206 g/mol. The van der Waals surface area contributed by atoms with Crippen LogP contribution >= 0.6 is 10.5 Å². The number of para-hydroxylation sites is 1. The van der Waals surface area contributed by atoms with E-state index in [0.29, 0.717) is 5.17 Å². The van der Waals surface area contributed by atoms with Crippen molar-refractivity contribution in [3.05, 3.63) is 41.4 Å². The zero-order valence-corrected chi connectivity index (χ0v) is 8.24. The Hall–Kier alpha value is -1.55. The van der Waals surface area contributed by atoms with Crippen LogP contribution in [-0.2, 0) is 0 Å². The largest absolute Gasteiger partial charge is 0.507 e. The highest BCUT2D eigenvalue weighted by molar-refractivity contribution is 8.30. The molecule has 4 heteroatoms. The van der Waals surface area contributed by atoms with Crippen molar-refractivity contribution in [3.8, 4) is 5.75 Å². The smallest absolute Gasteiger partial charge is 0.156 e. The Kier molecular flexibility index (Phi) is 2.37. The van der Waals surface area contributed by atoms with Gasteiger partial charge in [0.2, 0.25) is 0 Å². The van der Waals surface area contributed by atoms with Crippen molar-refractivity contribution >= 4 is 21.0 Å². The summed E-state index contributed by atoms with van der Waals surface area (Å²) in [5.41, 5.74) is 6.46. The second kappa shape index (κ2) is 3.67. The normalized spacial score (nSPS) is 20.0. The Balaban J connectivity index is 2.39. The van der Waals surface area contributed by atoms with Crippen LogP contribution in [-0.4, -0.2) is 15.6 Å². The quantitative estimate of drug-likeness (QED) is 0.686. The summed E-state index contributed by atoms with van der Waals surface area (Å²) in [4.78, 5) is 3.96. The van der Waals surface area contributed by atoms with Gasteiger partial charge in [-0.25, -0.2) is 4.99 Å². The van der Waals surface area contributed by atoms with Crippen molar-refractivity contribution in [2.45, 2.75) is 0 Å². The van der Waals surface area contributed by atoms with Crippen LogP contribution in [0.15, 0.2) is 40.9 Å². The number of hydrogen-bond donors (Lipinski definition) is 2. The van der Waals surface area contributed by atoms with Crippen LogP contribution in [0.4, 0.5) is 0 Å². The Morgan fingerprint density at radius 3 is 2.79 bits per heavy atom. The lowest BCUT2D eigenvalue weighted by Gasteiger charge is -2.00. The van der Waals surface area contributed by atoms with Gasteiger partial charge in [-0.3, -0.25) is 0 Å². The van der Waals surface area contributed by atoms with Gasteiger partial charge < -0.3 is 10.8 Å². The highest BCUT2D eigenvalue weighted by Crippen LogP contribution is 2.23. The molecule has 3 N–H and O–H groups in total. The number of rotatable bonds is 1. The van der Waals surface area contributed by atoms with E-state index >= 15 is 0 Å². The molecule has 1 atom stereocenters. The van der Waals surface area contributed by atoms with Crippen molar-refractivity contribution in [2.75, 3.05) is 0 Å². The molecule has 0 saturated carbocycles. The van der Waals surface area contributed by atoms with Crippen LogP contribution in [0.2, 0.25) is 0 Å². The molecule has 1 aromatic rings. The molecular weight excluding hydrogens is 196 g/mol. The molecule has 0 radical (unpaired) electrons. The highest BCUT2D eigenvalue weighted by Gasteiger charge is 2.03. The third-order valence-electron chi connectivity index (χ3n) is 1.84. The standard InChI is InChI=1S/C10H10N2OS/c11-10-12-5-6-14(10)7-8-3-1-2-4-9(8)13/h1-7,13H,(H2,11,12). The third kappa shape index (κ3) is 1.70. The van der Waals surface area contributed by atoms with Gasteiger partial charge in [-0.15, -0.1) is 0 Å². The predicted molar refractivity (Wildman–Crippen MR) is 61.6 cm³/mol. The van der Waals surface area contributed by atoms with Crippen LogP contribution in [0.3, 0.4) is 0 Å². The Labute approximate surface area is 84.5 Å². The lowest BCUT2D eigenvalue weighted by molar-refractivity contribution is 0.474. The van der Waals surface area contributed by atoms with Crippen molar-refractivity contribution in [2.24, 2.45) is 10.7 Å². The third-order valence-corrected chi connectivity index (χ3v) is 3.35. The molecule has 0 aliphatic carbocycles. The Bertz CT molecular complexity index is 449. The fourth-order valence-electron chi connectivity index (χ4n) is 1.12. The molecule has 72 valence electrons. The van der Waals surface area contributed by atoms with Gasteiger partial charge in [-0.1, -0.05) is 28.7 Å². The van der Waals surface area contributed by atoms with Gasteiger partial charge in [0, 0.05) is 11.8 Å². The predicted octanol–water partition coefficient (Wildman–Crippen LogP) is 1.61. The minimum Gasteiger partial charge on any atom is -0.507 e. The van der Waals surface area contributed by atoms with Crippen molar-refractivity contribution in [3.63, 3.8) is 0 Å². The number of phenolic OH excluding ortho intramolecular Hbond substituents is 1. The van der Waals surface area contributed by atoms with E-state index in [2.05, 4.69) is 4.99 Å². The van der Waals surface area contributed by atoms with E-state index in [-0.39, 0.29) is 16.2 Å². The lowest BCUT2D eigenvalue weighted by Crippen LogP contribution is -2.05. The van der Waals surface area contributed by atoms with Gasteiger partial charge >= 0.3 is 0 Å². The lowest BCUT2D eigenvalue weighted by atomic mass is 10.2. The fourth-order valence-corrected chi connectivity index (χ4v) is 2.31. The molecule has 0 amide bonds. The summed E-state index contributed by atoms with van der Waals surface area (Å²) in [6, 6.07) is 7.17. The van der Waals surface area contributed by atoms with Gasteiger partial charge in [-0.05, 0) is 16.8 Å². The Morgan fingerprint density at radius 2 is 2.14 bits per heavy atom. The maximum Gasteiger partial charge on any atom is 0.156 e. The van der Waals surface area contributed by atoms with E-state index in [1.165, 1.54) is 0 Å². The SMILES string of the molecule is NC1=NC=CS1=Cc1ccccc1O. The van der Waals surface area contributed by atoms with Gasteiger partial charge in [-0.2, -0.15) is 0 Å². The molecule has 0 spiro atoms. The van der Waals surface area contributed by atoms with E-state index in [0.717, 1.165) is 5.56 Å². The molecule has 1 aliphatic heterocycles. The molecule has 1 unspecified atom stereocenters. The second-order valence-electron chi connectivity index (χ2n) is 2.80. The first kappa shape index (κ1) is 9.02. The molecule has 1 aliphatic rings. The zero-order valence-electron chi connectivity index (χ0n) is 7.42. The van der Waals surface area contributed by atoms with Crippen LogP contribution in [0.25, 0.3) is 0 Å². The molecule has 0 aromatic heterocycles. The highest BCUT2D eigenvalue weighted by atomic mass is 32.2. The van der Waals surface area contributed by atoms with Gasteiger partial charge in [0.25, 0.3) is 0 Å². The number of hydrogen-bond acceptors (Lipinski definition) is 3. The Morgan fingerprint density at radius 1 is 1.36 bits per heavy atom. The fraction of sp³-hybridized carbons (Fsp3) is 0. The number of aromatic hydroxyl groups is 1. The summed E-state index contributed by atoms with van der Waals surface area (Å²) in [6.07, 6.45) is 1.69. The van der Waals surface area contributed by atoms with Gasteiger partial charge in [0.1, 0.15) is 5.75 Å². The number of phenols is 1. The first-order chi connectivity index (χ1) is 6.77. The topological polar surface area (TPSA) is 58.6 Å². The minimum absolute atomic E-state index is 0.271. The maximum atomic E-state index is 9.53. The number of nitrogens with zero attached hydrogens (tertiary/aromatic N) is 1. The second-order valence-corrected chi connectivity index (χ2v) is 4.47. The molecule has 1 heterocycles. The summed E-state index contributed by atoms with van der Waals surface area (Å²) in [7, 11) is -0.271. The van der Waals surface area contributed by atoms with E-state index in [9.17, 15) is 5.11 Å². The number of amidine groups is 1. The monoisotopic (exact) mass is 206 g/mol. The van der Waals surface area contributed by atoms with Crippen molar-refractivity contribution in [1.29, 1.82) is 0 Å².